The van der Waals surface area contributed by atoms with Gasteiger partial charge in [0, 0.05) is 7.05 Å². The highest BCUT2D eigenvalue weighted by Gasteiger charge is 2.27. The van der Waals surface area contributed by atoms with Gasteiger partial charge in [-0.15, -0.1) is 0 Å². The standard InChI is InChI=1S/C12H25N3O2/c1-7(2)9(13-5)12(17)15-10(8(3)4)11(16)14-6/h7-10,13H,1-6H3,(H,14,16)(H,15,17)/t9-,10-/m1/s1. The SMILES string of the molecule is CNC(=O)[C@H](NC(=O)[C@H](NC)C(C)C)C(C)C. The summed E-state index contributed by atoms with van der Waals surface area (Å²) >= 11 is 0. The molecule has 0 aliphatic heterocycles. The van der Waals surface area contributed by atoms with Crippen LogP contribution in [0.1, 0.15) is 27.7 Å². The van der Waals surface area contributed by atoms with Gasteiger partial charge in [0.25, 0.3) is 0 Å². The number of hydrogen-bond donors (Lipinski definition) is 3. The molecular formula is C12H25N3O2. The third kappa shape index (κ3) is 4.73. The van der Waals surface area contributed by atoms with Gasteiger partial charge in [0.1, 0.15) is 6.04 Å². The van der Waals surface area contributed by atoms with Crippen LogP contribution in [-0.2, 0) is 9.59 Å². The molecule has 2 atom stereocenters. The fraction of sp³-hybridized carbons (Fsp3) is 0.833. The van der Waals surface area contributed by atoms with Crippen molar-refractivity contribution in [1.29, 1.82) is 0 Å². The summed E-state index contributed by atoms with van der Waals surface area (Å²) in [6.07, 6.45) is 0. The summed E-state index contributed by atoms with van der Waals surface area (Å²) in [6.45, 7) is 7.74. The van der Waals surface area contributed by atoms with Gasteiger partial charge in [-0.2, -0.15) is 0 Å². The number of hydrogen-bond acceptors (Lipinski definition) is 3. The van der Waals surface area contributed by atoms with Gasteiger partial charge in [-0.3, -0.25) is 9.59 Å². The largest absolute Gasteiger partial charge is 0.357 e. The summed E-state index contributed by atoms with van der Waals surface area (Å²) < 4.78 is 0. The van der Waals surface area contributed by atoms with E-state index in [0.717, 1.165) is 0 Å². The van der Waals surface area contributed by atoms with Gasteiger partial charge in [0.2, 0.25) is 11.8 Å². The molecule has 0 rings (SSSR count). The first-order valence-electron chi connectivity index (χ1n) is 6.04. The number of likely N-dealkylation sites (N-methyl/N-ethyl adjacent to an activating group) is 2. The molecule has 0 aromatic heterocycles. The average molecular weight is 243 g/mol. The van der Waals surface area contributed by atoms with E-state index in [1.165, 1.54) is 0 Å². The Balaban J connectivity index is 4.65. The van der Waals surface area contributed by atoms with E-state index in [2.05, 4.69) is 16.0 Å². The lowest BCUT2D eigenvalue weighted by atomic mass is 10.00. The second kappa shape index (κ2) is 7.27. The quantitative estimate of drug-likeness (QED) is 0.620. The smallest absolute Gasteiger partial charge is 0.242 e. The van der Waals surface area contributed by atoms with E-state index in [4.69, 9.17) is 0 Å². The van der Waals surface area contributed by atoms with Gasteiger partial charge in [-0.25, -0.2) is 0 Å². The Hall–Kier alpha value is -1.10. The monoisotopic (exact) mass is 243 g/mol. The average Bonchev–Trinajstić information content (AvgIpc) is 2.24. The van der Waals surface area contributed by atoms with Gasteiger partial charge in [0.05, 0.1) is 6.04 Å². The molecule has 5 heteroatoms. The predicted octanol–water partition coefficient (Wildman–Crippen LogP) is 0.117. The molecule has 0 saturated heterocycles. The number of amides is 2. The van der Waals surface area contributed by atoms with Crippen LogP contribution in [0.3, 0.4) is 0 Å². The zero-order chi connectivity index (χ0) is 13.6. The molecule has 0 heterocycles. The molecule has 0 aromatic rings. The van der Waals surface area contributed by atoms with Crippen LogP contribution >= 0.6 is 0 Å². The maximum atomic E-state index is 12.0. The summed E-state index contributed by atoms with van der Waals surface area (Å²) in [4.78, 5) is 23.6. The third-order valence-electron chi connectivity index (χ3n) is 2.75. The van der Waals surface area contributed by atoms with E-state index in [1.807, 2.05) is 27.7 Å². The molecule has 0 saturated carbocycles. The van der Waals surface area contributed by atoms with Crippen LogP contribution in [0.2, 0.25) is 0 Å². The zero-order valence-electron chi connectivity index (χ0n) is 11.6. The van der Waals surface area contributed by atoms with Crippen molar-refractivity contribution >= 4 is 11.8 Å². The second-order valence-corrected chi connectivity index (χ2v) is 4.85. The van der Waals surface area contributed by atoms with Crippen LogP contribution in [0, 0.1) is 11.8 Å². The van der Waals surface area contributed by atoms with E-state index in [0.29, 0.717) is 0 Å². The maximum absolute atomic E-state index is 12.0. The lowest BCUT2D eigenvalue weighted by Gasteiger charge is -2.25. The summed E-state index contributed by atoms with van der Waals surface area (Å²) in [5.74, 6) is -0.0576. The van der Waals surface area contributed by atoms with Crippen LogP contribution in [0.25, 0.3) is 0 Å². The number of rotatable bonds is 6. The number of carbonyl (C=O) groups is 2. The van der Waals surface area contributed by atoms with E-state index in [1.54, 1.807) is 14.1 Å². The molecule has 5 nitrogen and oxygen atoms in total. The molecule has 0 aliphatic carbocycles. The molecule has 17 heavy (non-hydrogen) atoms. The minimum atomic E-state index is -0.484. The van der Waals surface area contributed by atoms with Crippen LogP contribution in [0.4, 0.5) is 0 Å². The molecule has 0 spiro atoms. The second-order valence-electron chi connectivity index (χ2n) is 4.85. The first kappa shape index (κ1) is 15.9. The Kier molecular flexibility index (Phi) is 6.80. The van der Waals surface area contributed by atoms with Crippen molar-refractivity contribution in [3.63, 3.8) is 0 Å². The van der Waals surface area contributed by atoms with E-state index < -0.39 is 6.04 Å². The molecule has 3 N–H and O–H groups in total. The fourth-order valence-corrected chi connectivity index (χ4v) is 1.70. The summed E-state index contributed by atoms with van der Waals surface area (Å²) in [6, 6.07) is -0.761. The molecule has 2 amide bonds. The van der Waals surface area contributed by atoms with Crippen LogP contribution in [0.5, 0.6) is 0 Å². The third-order valence-corrected chi connectivity index (χ3v) is 2.75. The molecule has 0 bridgehead atoms. The maximum Gasteiger partial charge on any atom is 0.242 e. The Morgan fingerprint density at radius 2 is 1.29 bits per heavy atom. The van der Waals surface area contributed by atoms with Crippen LogP contribution < -0.4 is 16.0 Å². The Labute approximate surface area is 104 Å². The lowest BCUT2D eigenvalue weighted by molar-refractivity contribution is -0.131. The van der Waals surface area contributed by atoms with Gasteiger partial charge >= 0.3 is 0 Å². The van der Waals surface area contributed by atoms with E-state index in [-0.39, 0.29) is 29.7 Å². The van der Waals surface area contributed by atoms with Crippen molar-refractivity contribution < 1.29 is 9.59 Å². The minimum absolute atomic E-state index is 0.0589. The highest BCUT2D eigenvalue weighted by atomic mass is 16.2. The first-order valence-corrected chi connectivity index (χ1v) is 6.04. The molecule has 0 aliphatic rings. The Morgan fingerprint density at radius 3 is 1.59 bits per heavy atom. The van der Waals surface area contributed by atoms with Crippen molar-refractivity contribution in [3.8, 4) is 0 Å². The normalized spacial score (nSPS) is 14.6. The number of nitrogens with one attached hydrogen (secondary N) is 3. The van der Waals surface area contributed by atoms with Crippen molar-refractivity contribution in [2.24, 2.45) is 11.8 Å². The highest BCUT2D eigenvalue weighted by Crippen LogP contribution is 2.05. The Bertz CT molecular complexity index is 264. The predicted molar refractivity (Wildman–Crippen MR) is 68.5 cm³/mol. The van der Waals surface area contributed by atoms with Gasteiger partial charge < -0.3 is 16.0 Å². The molecule has 0 unspecified atom stereocenters. The van der Waals surface area contributed by atoms with Crippen LogP contribution in [-0.4, -0.2) is 38.0 Å². The number of carbonyl (C=O) groups excluding carboxylic acids is 2. The van der Waals surface area contributed by atoms with Crippen LogP contribution in [0.15, 0.2) is 0 Å². The minimum Gasteiger partial charge on any atom is -0.357 e. The van der Waals surface area contributed by atoms with Gasteiger partial charge in [-0.1, -0.05) is 27.7 Å². The molecule has 0 radical (unpaired) electrons. The summed E-state index contributed by atoms with van der Waals surface area (Å²) in [5, 5.41) is 8.31. The summed E-state index contributed by atoms with van der Waals surface area (Å²) in [5.41, 5.74) is 0. The van der Waals surface area contributed by atoms with E-state index in [9.17, 15) is 9.59 Å². The van der Waals surface area contributed by atoms with Crippen molar-refractivity contribution in [1.82, 2.24) is 16.0 Å². The molecule has 0 aromatic carbocycles. The first-order chi connectivity index (χ1) is 7.84. The molecule has 0 fully saturated rings. The van der Waals surface area contributed by atoms with Crippen molar-refractivity contribution in [2.45, 2.75) is 39.8 Å². The fourth-order valence-electron chi connectivity index (χ4n) is 1.70. The zero-order valence-corrected chi connectivity index (χ0v) is 11.6. The topological polar surface area (TPSA) is 70.2 Å². The van der Waals surface area contributed by atoms with Crippen molar-refractivity contribution in [3.05, 3.63) is 0 Å². The highest BCUT2D eigenvalue weighted by molar-refractivity contribution is 5.89. The lowest BCUT2D eigenvalue weighted by Crippen LogP contribution is -2.55. The van der Waals surface area contributed by atoms with Gasteiger partial charge in [-0.05, 0) is 18.9 Å². The summed E-state index contributed by atoms with van der Waals surface area (Å²) in [7, 11) is 3.32. The van der Waals surface area contributed by atoms with Crippen molar-refractivity contribution in [2.75, 3.05) is 14.1 Å². The molecular weight excluding hydrogens is 218 g/mol. The van der Waals surface area contributed by atoms with E-state index >= 15 is 0 Å². The molecule has 100 valence electrons. The van der Waals surface area contributed by atoms with Gasteiger partial charge in [0.15, 0.2) is 0 Å². The Morgan fingerprint density at radius 1 is 0.824 bits per heavy atom.